The van der Waals surface area contributed by atoms with Crippen molar-refractivity contribution in [3.8, 4) is 0 Å². The molecule has 1 N–H and O–H groups in total. The van der Waals surface area contributed by atoms with Gasteiger partial charge in [0.1, 0.15) is 0 Å². The van der Waals surface area contributed by atoms with Gasteiger partial charge in [-0.25, -0.2) is 0 Å². The van der Waals surface area contributed by atoms with Crippen LogP contribution in [-0.4, -0.2) is 17.2 Å². The highest BCUT2D eigenvalue weighted by Gasteiger charge is 2.21. The fraction of sp³-hybridized carbons (Fsp3) is 0.533. The Bertz CT molecular complexity index is 361. The summed E-state index contributed by atoms with van der Waals surface area (Å²) < 4.78 is 5.74. The lowest BCUT2D eigenvalue weighted by Crippen LogP contribution is -2.22. The molecule has 1 aromatic rings. The third kappa shape index (κ3) is 4.88. The van der Waals surface area contributed by atoms with Gasteiger partial charge in [0, 0.05) is 0 Å². The fourth-order valence-corrected chi connectivity index (χ4v) is 1.85. The molecule has 0 aliphatic heterocycles. The van der Waals surface area contributed by atoms with Gasteiger partial charge in [-0.15, -0.1) is 0 Å². The van der Waals surface area contributed by atoms with Gasteiger partial charge in [0.2, 0.25) is 0 Å². The molecule has 1 rings (SSSR count). The maximum Gasteiger partial charge on any atom is 0.306 e. The molecular formula is C15H22O3. The Morgan fingerprint density at radius 1 is 1.22 bits per heavy atom. The van der Waals surface area contributed by atoms with Crippen LogP contribution in [0.2, 0.25) is 0 Å². The highest BCUT2D eigenvalue weighted by molar-refractivity contribution is 5.69. The van der Waals surface area contributed by atoms with E-state index in [-0.39, 0.29) is 17.9 Å². The number of hydrogen-bond donors (Lipinski definition) is 1. The number of benzene rings is 1. The van der Waals surface area contributed by atoms with Gasteiger partial charge in [-0.2, -0.15) is 0 Å². The van der Waals surface area contributed by atoms with Crippen molar-refractivity contribution >= 4 is 5.97 Å². The van der Waals surface area contributed by atoms with E-state index in [9.17, 15) is 4.79 Å². The lowest BCUT2D eigenvalue weighted by Gasteiger charge is -2.20. The van der Waals surface area contributed by atoms with E-state index in [1.165, 1.54) is 0 Å². The van der Waals surface area contributed by atoms with E-state index < -0.39 is 5.97 Å². The minimum absolute atomic E-state index is 0.0713. The van der Waals surface area contributed by atoms with Crippen molar-refractivity contribution in [3.05, 3.63) is 35.9 Å². The Morgan fingerprint density at radius 3 is 2.39 bits per heavy atom. The van der Waals surface area contributed by atoms with Crippen molar-refractivity contribution in [2.24, 2.45) is 11.8 Å². The average Bonchev–Trinajstić information content (AvgIpc) is 2.36. The summed E-state index contributed by atoms with van der Waals surface area (Å²) in [6, 6.07) is 9.99. The molecule has 0 fully saturated rings. The van der Waals surface area contributed by atoms with Gasteiger partial charge in [-0.1, -0.05) is 44.2 Å². The molecule has 3 atom stereocenters. The van der Waals surface area contributed by atoms with Crippen LogP contribution in [0.5, 0.6) is 0 Å². The van der Waals surface area contributed by atoms with Gasteiger partial charge in [0.05, 0.1) is 18.6 Å². The van der Waals surface area contributed by atoms with E-state index in [4.69, 9.17) is 9.84 Å². The van der Waals surface area contributed by atoms with Gasteiger partial charge in [-0.3, -0.25) is 4.79 Å². The van der Waals surface area contributed by atoms with Crippen LogP contribution in [-0.2, 0) is 16.1 Å². The van der Waals surface area contributed by atoms with Gasteiger partial charge in [-0.05, 0) is 24.8 Å². The maximum absolute atomic E-state index is 10.9. The minimum Gasteiger partial charge on any atom is -0.481 e. The molecule has 18 heavy (non-hydrogen) atoms. The van der Waals surface area contributed by atoms with Crippen LogP contribution in [0, 0.1) is 11.8 Å². The monoisotopic (exact) mass is 250 g/mol. The van der Waals surface area contributed by atoms with E-state index in [2.05, 4.69) is 0 Å². The van der Waals surface area contributed by atoms with Crippen LogP contribution in [0.3, 0.4) is 0 Å². The van der Waals surface area contributed by atoms with Crippen LogP contribution in [0.1, 0.15) is 32.8 Å². The predicted octanol–water partition coefficient (Wildman–Crippen LogP) is 3.34. The molecule has 0 saturated heterocycles. The van der Waals surface area contributed by atoms with Gasteiger partial charge in [0.15, 0.2) is 0 Å². The summed E-state index contributed by atoms with van der Waals surface area (Å²) in [4.78, 5) is 10.9. The molecule has 2 unspecified atom stereocenters. The molecule has 0 saturated carbocycles. The summed E-state index contributed by atoms with van der Waals surface area (Å²) in [7, 11) is 0. The van der Waals surface area contributed by atoms with E-state index >= 15 is 0 Å². The van der Waals surface area contributed by atoms with Crippen LogP contribution < -0.4 is 0 Å². The second-order valence-corrected chi connectivity index (χ2v) is 4.95. The first kappa shape index (κ1) is 14.7. The number of aliphatic carboxylic acids is 1. The Labute approximate surface area is 109 Å². The molecule has 0 aliphatic rings. The van der Waals surface area contributed by atoms with Crippen molar-refractivity contribution in [2.45, 2.75) is 39.9 Å². The molecule has 1 aromatic carbocycles. The molecule has 100 valence electrons. The number of rotatable bonds is 7. The van der Waals surface area contributed by atoms with Gasteiger partial charge in [0.25, 0.3) is 0 Å². The topological polar surface area (TPSA) is 46.5 Å². The predicted molar refractivity (Wildman–Crippen MR) is 71.3 cm³/mol. The van der Waals surface area contributed by atoms with E-state index in [0.29, 0.717) is 6.61 Å². The average molecular weight is 250 g/mol. The minimum atomic E-state index is -0.738. The molecule has 3 heteroatoms. The molecule has 0 heterocycles. The Kier molecular flexibility index (Phi) is 5.86. The number of hydrogen-bond acceptors (Lipinski definition) is 2. The summed E-state index contributed by atoms with van der Waals surface area (Å²) >= 11 is 0. The summed E-state index contributed by atoms with van der Waals surface area (Å²) in [6.07, 6.45) is 0.835. The molecule has 0 spiro atoms. The molecule has 0 bridgehead atoms. The molecule has 0 amide bonds. The summed E-state index contributed by atoms with van der Waals surface area (Å²) in [6.45, 7) is 6.28. The summed E-state index contributed by atoms with van der Waals surface area (Å²) in [5, 5.41) is 8.93. The first-order valence-corrected chi connectivity index (χ1v) is 6.39. The zero-order chi connectivity index (χ0) is 13.5. The maximum atomic E-state index is 10.9. The van der Waals surface area contributed by atoms with Crippen LogP contribution >= 0.6 is 0 Å². The van der Waals surface area contributed by atoms with Crippen LogP contribution in [0.25, 0.3) is 0 Å². The molecule has 0 aliphatic carbocycles. The van der Waals surface area contributed by atoms with Crippen molar-refractivity contribution in [1.29, 1.82) is 0 Å². The van der Waals surface area contributed by atoms with Crippen LogP contribution in [0.4, 0.5) is 0 Å². The summed E-state index contributed by atoms with van der Waals surface area (Å²) in [5.74, 6) is -0.946. The number of ether oxygens (including phenoxy) is 1. The SMILES string of the molecule is CC(C[C@H](C)C(C)C(=O)O)OCc1ccccc1. The first-order chi connectivity index (χ1) is 8.50. The second kappa shape index (κ2) is 7.17. The van der Waals surface area contributed by atoms with E-state index in [0.717, 1.165) is 12.0 Å². The Balaban J connectivity index is 2.33. The van der Waals surface area contributed by atoms with Gasteiger partial charge < -0.3 is 9.84 Å². The Morgan fingerprint density at radius 2 is 1.83 bits per heavy atom. The van der Waals surface area contributed by atoms with Crippen molar-refractivity contribution in [2.75, 3.05) is 0 Å². The number of carbonyl (C=O) groups is 1. The van der Waals surface area contributed by atoms with Crippen molar-refractivity contribution < 1.29 is 14.6 Å². The first-order valence-electron chi connectivity index (χ1n) is 6.39. The van der Waals surface area contributed by atoms with Crippen molar-refractivity contribution in [1.82, 2.24) is 0 Å². The standard InChI is InChI=1S/C15H22O3/c1-11(13(3)15(16)17)9-12(2)18-10-14-7-5-4-6-8-14/h4-8,11-13H,9-10H2,1-3H3,(H,16,17)/t11-,12?,13?/m0/s1. The van der Waals surface area contributed by atoms with Crippen LogP contribution in [0.15, 0.2) is 30.3 Å². The quantitative estimate of drug-likeness (QED) is 0.807. The lowest BCUT2D eigenvalue weighted by molar-refractivity contribution is -0.143. The fourth-order valence-electron chi connectivity index (χ4n) is 1.85. The molecule has 3 nitrogen and oxygen atoms in total. The van der Waals surface area contributed by atoms with Crippen molar-refractivity contribution in [3.63, 3.8) is 0 Å². The lowest BCUT2D eigenvalue weighted by atomic mass is 9.91. The van der Waals surface area contributed by atoms with E-state index in [1.54, 1.807) is 6.92 Å². The third-order valence-corrected chi connectivity index (χ3v) is 3.32. The zero-order valence-corrected chi connectivity index (χ0v) is 11.3. The molecular weight excluding hydrogens is 228 g/mol. The molecule has 0 aromatic heterocycles. The number of carboxylic acids is 1. The third-order valence-electron chi connectivity index (χ3n) is 3.32. The second-order valence-electron chi connectivity index (χ2n) is 4.95. The number of carboxylic acid groups (broad SMARTS) is 1. The highest BCUT2D eigenvalue weighted by Crippen LogP contribution is 2.19. The Hall–Kier alpha value is -1.35. The smallest absolute Gasteiger partial charge is 0.306 e. The molecule has 0 radical (unpaired) electrons. The zero-order valence-electron chi connectivity index (χ0n) is 11.3. The van der Waals surface area contributed by atoms with E-state index in [1.807, 2.05) is 44.2 Å². The van der Waals surface area contributed by atoms with Gasteiger partial charge >= 0.3 is 5.97 Å². The summed E-state index contributed by atoms with van der Waals surface area (Å²) in [5.41, 5.74) is 1.14. The largest absolute Gasteiger partial charge is 0.481 e. The normalized spacial score (nSPS) is 15.9. The highest BCUT2D eigenvalue weighted by atomic mass is 16.5.